The van der Waals surface area contributed by atoms with Gasteiger partial charge in [-0.2, -0.15) is 0 Å². The Hall–Kier alpha value is -2.34. The Kier molecular flexibility index (Phi) is 4.91. The largest absolute Gasteiger partial charge is 0.462 e. The number of carbonyl (C=O) groups is 2. The van der Waals surface area contributed by atoms with Gasteiger partial charge in [0, 0.05) is 11.7 Å². The smallest absolute Gasteiger partial charge is 0.341 e. The van der Waals surface area contributed by atoms with E-state index in [1.165, 1.54) is 16.9 Å². The summed E-state index contributed by atoms with van der Waals surface area (Å²) in [5.41, 5.74) is 3.97. The summed E-state index contributed by atoms with van der Waals surface area (Å²) in [5, 5.41) is 5.57. The molecule has 1 aliphatic carbocycles. The minimum absolute atomic E-state index is 0.103. The lowest BCUT2D eigenvalue weighted by Gasteiger charge is -2.24. The number of esters is 1. The number of anilines is 2. The third-order valence-corrected chi connectivity index (χ3v) is 6.15. The number of nitrogens with zero attached hydrogens (tertiary/aromatic N) is 1. The number of nitrogens with one attached hydrogen (secondary N) is 1. The minimum atomic E-state index is -0.337. The molecule has 1 aliphatic heterocycles. The lowest BCUT2D eigenvalue weighted by molar-refractivity contribution is -0.115. The van der Waals surface area contributed by atoms with Crippen LogP contribution in [0.25, 0.3) is 0 Å². The third kappa shape index (κ3) is 3.58. The number of ether oxygens (including phenoxy) is 1. The van der Waals surface area contributed by atoms with Crippen LogP contribution >= 0.6 is 11.3 Å². The molecule has 1 N–H and O–H groups in total. The van der Waals surface area contributed by atoms with Crippen molar-refractivity contribution in [2.45, 2.75) is 45.1 Å². The molecule has 2 aromatic rings. The molecule has 1 amide bonds. The van der Waals surface area contributed by atoms with Crippen LogP contribution in [0.2, 0.25) is 0 Å². The second kappa shape index (κ2) is 7.35. The van der Waals surface area contributed by atoms with E-state index in [0.29, 0.717) is 23.1 Å². The highest BCUT2D eigenvalue weighted by atomic mass is 32.1. The number of para-hydroxylation sites is 1. The first kappa shape index (κ1) is 18.0. The van der Waals surface area contributed by atoms with Crippen molar-refractivity contribution in [1.29, 1.82) is 0 Å². The van der Waals surface area contributed by atoms with Crippen LogP contribution in [0.3, 0.4) is 0 Å². The van der Waals surface area contributed by atoms with E-state index < -0.39 is 0 Å². The summed E-state index contributed by atoms with van der Waals surface area (Å²) in [6.45, 7) is 4.53. The van der Waals surface area contributed by atoms with Crippen molar-refractivity contribution in [3.05, 3.63) is 46.3 Å². The minimum Gasteiger partial charge on any atom is -0.462 e. The summed E-state index contributed by atoms with van der Waals surface area (Å²) in [7, 11) is 0. The van der Waals surface area contributed by atoms with Gasteiger partial charge in [-0.3, -0.25) is 4.79 Å². The molecule has 2 aliphatic rings. The summed E-state index contributed by atoms with van der Waals surface area (Å²) < 4.78 is 5.23. The van der Waals surface area contributed by atoms with Crippen molar-refractivity contribution in [2.24, 2.45) is 0 Å². The first-order valence-corrected chi connectivity index (χ1v) is 10.4. The van der Waals surface area contributed by atoms with E-state index in [4.69, 9.17) is 4.74 Å². The number of carbonyl (C=O) groups excluding carboxylic acids is 2. The fourth-order valence-electron chi connectivity index (χ4n) is 3.76. The molecule has 27 heavy (non-hydrogen) atoms. The number of rotatable bonds is 6. The summed E-state index contributed by atoms with van der Waals surface area (Å²) in [4.78, 5) is 27.3. The van der Waals surface area contributed by atoms with Crippen molar-refractivity contribution in [1.82, 2.24) is 0 Å². The highest BCUT2D eigenvalue weighted by molar-refractivity contribution is 7.15. The first-order valence-electron chi connectivity index (χ1n) is 9.51. The van der Waals surface area contributed by atoms with Gasteiger partial charge in [-0.1, -0.05) is 18.2 Å². The Balaban J connectivity index is 1.51. The Bertz CT molecular complexity index is 872. The Morgan fingerprint density at radius 3 is 2.81 bits per heavy atom. The Morgan fingerprint density at radius 2 is 2.07 bits per heavy atom. The molecule has 1 atom stereocenters. The van der Waals surface area contributed by atoms with Gasteiger partial charge in [0.25, 0.3) is 0 Å². The SMILES string of the molecule is CCOC(=O)c1c(C2CC2)csc1NC(=O)CN1c2ccccc2C[C@H]1C. The zero-order valence-corrected chi connectivity index (χ0v) is 16.5. The van der Waals surface area contributed by atoms with Gasteiger partial charge in [-0.25, -0.2) is 4.79 Å². The van der Waals surface area contributed by atoms with Crippen molar-refractivity contribution in [3.63, 3.8) is 0 Å². The maximum atomic E-state index is 12.8. The van der Waals surface area contributed by atoms with E-state index in [-0.39, 0.29) is 24.5 Å². The maximum Gasteiger partial charge on any atom is 0.341 e. The second-order valence-corrected chi connectivity index (χ2v) is 8.13. The quantitative estimate of drug-likeness (QED) is 0.759. The van der Waals surface area contributed by atoms with Crippen LogP contribution < -0.4 is 10.2 Å². The summed E-state index contributed by atoms with van der Waals surface area (Å²) >= 11 is 1.42. The van der Waals surface area contributed by atoms with Gasteiger partial charge in [0.1, 0.15) is 5.00 Å². The fraction of sp³-hybridized carbons (Fsp3) is 0.429. The summed E-state index contributed by atoms with van der Waals surface area (Å²) in [6.07, 6.45) is 3.14. The first-order chi connectivity index (χ1) is 13.1. The normalized spacial score (nSPS) is 18.3. The van der Waals surface area contributed by atoms with E-state index in [1.807, 2.05) is 17.5 Å². The monoisotopic (exact) mass is 384 g/mol. The van der Waals surface area contributed by atoms with E-state index in [2.05, 4.69) is 29.3 Å². The standard InChI is InChI=1S/C21H24N2O3S/c1-3-26-21(25)19-16(14-8-9-14)12-27-20(19)22-18(24)11-23-13(2)10-15-6-4-5-7-17(15)23/h4-7,12-14H,3,8-11H2,1-2H3,(H,22,24)/t13-/m1/s1. The summed E-state index contributed by atoms with van der Waals surface area (Å²) in [6, 6.07) is 8.49. The zero-order valence-electron chi connectivity index (χ0n) is 15.7. The van der Waals surface area contributed by atoms with Crippen LogP contribution in [0.1, 0.15) is 54.1 Å². The molecule has 4 rings (SSSR count). The van der Waals surface area contributed by atoms with Crippen molar-refractivity contribution in [3.8, 4) is 0 Å². The van der Waals surface area contributed by atoms with Gasteiger partial charge in [-0.15, -0.1) is 11.3 Å². The van der Waals surface area contributed by atoms with Crippen LogP contribution in [-0.2, 0) is 16.0 Å². The molecule has 5 nitrogen and oxygen atoms in total. The van der Waals surface area contributed by atoms with Crippen molar-refractivity contribution >= 4 is 33.9 Å². The van der Waals surface area contributed by atoms with E-state index >= 15 is 0 Å². The molecule has 0 unspecified atom stereocenters. The molecule has 2 heterocycles. The zero-order chi connectivity index (χ0) is 19.0. The van der Waals surface area contributed by atoms with Gasteiger partial charge >= 0.3 is 5.97 Å². The highest BCUT2D eigenvalue weighted by Crippen LogP contribution is 2.46. The molecule has 0 spiro atoms. The predicted molar refractivity (Wildman–Crippen MR) is 108 cm³/mol. The third-order valence-electron chi connectivity index (χ3n) is 5.23. The Labute approximate surface area is 163 Å². The Morgan fingerprint density at radius 1 is 1.30 bits per heavy atom. The number of hydrogen-bond donors (Lipinski definition) is 1. The average molecular weight is 385 g/mol. The fourth-order valence-corrected chi connectivity index (χ4v) is 4.81. The lowest BCUT2D eigenvalue weighted by Crippen LogP contribution is -2.37. The predicted octanol–water partition coefficient (Wildman–Crippen LogP) is 4.19. The van der Waals surface area contributed by atoms with Gasteiger partial charge < -0.3 is 15.0 Å². The van der Waals surface area contributed by atoms with Crippen LogP contribution in [-0.4, -0.2) is 31.1 Å². The van der Waals surface area contributed by atoms with Crippen LogP contribution in [0.15, 0.2) is 29.6 Å². The average Bonchev–Trinajstić information content (AvgIpc) is 3.33. The lowest BCUT2D eigenvalue weighted by atomic mass is 10.1. The number of amides is 1. The van der Waals surface area contributed by atoms with E-state index in [1.54, 1.807) is 6.92 Å². The number of thiophene rings is 1. The number of fused-ring (bicyclic) bond motifs is 1. The van der Waals surface area contributed by atoms with Gasteiger partial charge in [0.15, 0.2) is 0 Å². The molecule has 1 aromatic carbocycles. The van der Waals surface area contributed by atoms with Crippen LogP contribution in [0.4, 0.5) is 10.7 Å². The molecule has 0 radical (unpaired) electrons. The molecule has 0 saturated heterocycles. The van der Waals surface area contributed by atoms with E-state index in [9.17, 15) is 9.59 Å². The molecule has 1 saturated carbocycles. The van der Waals surface area contributed by atoms with Gasteiger partial charge in [0.2, 0.25) is 5.91 Å². The topological polar surface area (TPSA) is 58.6 Å². The molecular weight excluding hydrogens is 360 g/mol. The maximum absolute atomic E-state index is 12.8. The van der Waals surface area contributed by atoms with Crippen molar-refractivity contribution in [2.75, 3.05) is 23.4 Å². The van der Waals surface area contributed by atoms with Crippen LogP contribution in [0.5, 0.6) is 0 Å². The number of hydrogen-bond acceptors (Lipinski definition) is 5. The number of benzene rings is 1. The molecular formula is C21H24N2O3S. The highest BCUT2D eigenvalue weighted by Gasteiger charge is 2.33. The molecule has 6 heteroatoms. The molecule has 0 bridgehead atoms. The molecule has 1 fully saturated rings. The van der Waals surface area contributed by atoms with Crippen molar-refractivity contribution < 1.29 is 14.3 Å². The van der Waals surface area contributed by atoms with Gasteiger partial charge in [0.05, 0.1) is 18.7 Å². The summed E-state index contributed by atoms with van der Waals surface area (Å²) in [5.74, 6) is -0.0130. The van der Waals surface area contributed by atoms with Crippen LogP contribution in [0, 0.1) is 0 Å². The van der Waals surface area contributed by atoms with E-state index in [0.717, 1.165) is 30.5 Å². The molecule has 142 valence electrons. The van der Waals surface area contributed by atoms with Gasteiger partial charge in [-0.05, 0) is 61.6 Å². The second-order valence-electron chi connectivity index (χ2n) is 7.25. The molecule has 1 aromatic heterocycles.